The lowest BCUT2D eigenvalue weighted by molar-refractivity contribution is -0.123. The molecule has 0 spiro atoms. The minimum Gasteiger partial charge on any atom is -0.387 e. The second-order valence-corrected chi connectivity index (χ2v) is 14.7. The smallest absolute Gasteiger partial charge is 0.292 e. The number of amides is 1. The van der Waals surface area contributed by atoms with Gasteiger partial charge in [0.25, 0.3) is 12.3 Å². The summed E-state index contributed by atoms with van der Waals surface area (Å²) < 4.78 is 116. The normalized spacial score (nSPS) is 16.0. The lowest BCUT2D eigenvalue weighted by Gasteiger charge is -2.23. The van der Waals surface area contributed by atoms with Crippen molar-refractivity contribution in [3.05, 3.63) is 87.5 Å². The summed E-state index contributed by atoms with van der Waals surface area (Å²) in [5, 5.41) is 14.0. The van der Waals surface area contributed by atoms with Crippen LogP contribution in [0.5, 0.6) is 0 Å². The van der Waals surface area contributed by atoms with E-state index in [0.29, 0.717) is 33.1 Å². The summed E-state index contributed by atoms with van der Waals surface area (Å²) >= 11 is 6.55. The van der Waals surface area contributed by atoms with E-state index in [1.54, 1.807) is 26.2 Å². The van der Waals surface area contributed by atoms with E-state index < -0.39 is 69.8 Å². The van der Waals surface area contributed by atoms with E-state index in [9.17, 15) is 30.8 Å². The van der Waals surface area contributed by atoms with Crippen LogP contribution in [0.4, 0.5) is 37.8 Å². The Bertz CT molecular complexity index is 2310. The van der Waals surface area contributed by atoms with Gasteiger partial charge in [-0.1, -0.05) is 24.6 Å². The molecule has 0 saturated carbocycles. The Morgan fingerprint density at radius 3 is 2.40 bits per heavy atom. The van der Waals surface area contributed by atoms with Gasteiger partial charge in [-0.25, -0.2) is 26.0 Å². The Morgan fingerprint density at radius 2 is 1.77 bits per heavy atom. The number of pyridine rings is 1. The molecule has 3 heterocycles. The lowest BCUT2D eigenvalue weighted by Crippen LogP contribution is -2.35. The van der Waals surface area contributed by atoms with Gasteiger partial charge >= 0.3 is 0 Å². The van der Waals surface area contributed by atoms with Crippen molar-refractivity contribution in [2.75, 3.05) is 23.3 Å². The first-order chi connectivity index (χ1) is 24.4. The zero-order valence-corrected chi connectivity index (χ0v) is 29.5. The molecule has 19 heteroatoms. The number of anilines is 2. The molecule has 2 aromatic carbocycles. The number of aryl methyl sites for hydroxylation is 1. The molecule has 276 valence electrons. The highest BCUT2D eigenvalue weighted by Crippen LogP contribution is 2.48. The fourth-order valence-electron chi connectivity index (χ4n) is 6.55. The number of alkyl halides is 4. The third kappa shape index (κ3) is 7.00. The van der Waals surface area contributed by atoms with Gasteiger partial charge in [0.05, 0.1) is 45.8 Å². The lowest BCUT2D eigenvalue weighted by atomic mass is 9.93. The Balaban J connectivity index is 1.49. The minimum absolute atomic E-state index is 0.0627. The largest absolute Gasteiger partial charge is 0.387 e. The number of benzene rings is 2. The van der Waals surface area contributed by atoms with Crippen molar-refractivity contribution in [3.8, 4) is 11.1 Å². The molecule has 2 unspecified atom stereocenters. The molecule has 3 aromatic heterocycles. The van der Waals surface area contributed by atoms with Gasteiger partial charge in [0.1, 0.15) is 29.6 Å². The van der Waals surface area contributed by atoms with E-state index >= 15 is 8.78 Å². The van der Waals surface area contributed by atoms with E-state index in [0.717, 1.165) is 18.4 Å². The maximum absolute atomic E-state index is 15.2. The number of halogens is 7. The van der Waals surface area contributed by atoms with Gasteiger partial charge < -0.3 is 10.6 Å². The highest BCUT2D eigenvalue weighted by atomic mass is 35.5. The van der Waals surface area contributed by atoms with Crippen LogP contribution in [0.2, 0.25) is 5.02 Å². The number of aromatic nitrogens is 5. The zero-order valence-electron chi connectivity index (χ0n) is 27.9. The number of carbonyl (C=O) groups excluding carboxylic acids is 1. The van der Waals surface area contributed by atoms with Crippen LogP contribution in [0.3, 0.4) is 0 Å². The van der Waals surface area contributed by atoms with Gasteiger partial charge in [0, 0.05) is 42.8 Å². The zero-order chi connectivity index (χ0) is 37.9. The first-order valence-corrected chi connectivity index (χ1v) is 18.0. The summed E-state index contributed by atoms with van der Waals surface area (Å²) in [5.74, 6) is -7.65. The number of sulfonamides is 1. The van der Waals surface area contributed by atoms with Crippen molar-refractivity contribution in [1.82, 2.24) is 29.9 Å². The summed E-state index contributed by atoms with van der Waals surface area (Å²) in [6.45, 7) is 0.328. The summed E-state index contributed by atoms with van der Waals surface area (Å²) in [6.07, 6.45) is -1.42. The average Bonchev–Trinajstić information content (AvgIpc) is 3.64. The third-order valence-corrected chi connectivity index (χ3v) is 9.65. The highest BCUT2D eigenvalue weighted by Gasteiger charge is 2.51. The first kappa shape index (κ1) is 36.9. The maximum Gasteiger partial charge on any atom is 0.292 e. The first-order valence-electron chi connectivity index (χ1n) is 15.7. The SMILES string of the molecule is CNc1cnc(C(Cc2cc(F)cc(F)c2)NC(=O)Cn2nc(C(F)F)c3c2C(F)(F)C(C)C3)c(-c2ccc(Cl)c3c(NS(C)(=O)=O)nn(C)c23)c1. The number of nitrogens with zero attached hydrogens (tertiary/aromatic N) is 5. The van der Waals surface area contributed by atoms with Gasteiger partial charge in [-0.05, 0) is 42.7 Å². The predicted octanol–water partition coefficient (Wildman–Crippen LogP) is 6.50. The molecule has 0 radical (unpaired) electrons. The molecular formula is C33H31ClF6N8O3S. The Morgan fingerprint density at radius 1 is 1.08 bits per heavy atom. The van der Waals surface area contributed by atoms with Crippen LogP contribution in [-0.4, -0.2) is 52.2 Å². The molecule has 3 N–H and O–H groups in total. The van der Waals surface area contributed by atoms with E-state index in [1.807, 2.05) is 0 Å². The Kier molecular flexibility index (Phi) is 9.67. The molecule has 1 aliphatic carbocycles. The van der Waals surface area contributed by atoms with Crippen molar-refractivity contribution < 1.29 is 39.6 Å². The molecule has 1 aliphatic rings. The topological polar surface area (TPSA) is 136 Å². The van der Waals surface area contributed by atoms with Crippen LogP contribution < -0.4 is 15.4 Å². The standard InChI is InChI=1S/C33H31ClF6N8O3S/c1-15-7-22-28(31(37)38)44-48(30(22)33(15,39)40)14-25(49)43-24(10-16-8-17(35)11-18(36)9-16)27-21(12-19(41-2)13-42-27)20-5-6-23(34)26-29(20)47(3)45-32(26)46-52(4,50)51/h5-6,8-9,11-13,15,24,31,41H,7,10,14H2,1-4H3,(H,43,49)(H,45,46). The van der Waals surface area contributed by atoms with E-state index in [1.165, 1.54) is 23.9 Å². The van der Waals surface area contributed by atoms with Crippen LogP contribution in [0.25, 0.3) is 22.0 Å². The predicted molar refractivity (Wildman–Crippen MR) is 182 cm³/mol. The molecule has 0 saturated heterocycles. The summed E-state index contributed by atoms with van der Waals surface area (Å²) in [6, 6.07) is 6.32. The van der Waals surface area contributed by atoms with Crippen LogP contribution in [0, 0.1) is 17.6 Å². The maximum atomic E-state index is 15.2. The Hall–Kier alpha value is -4.84. The summed E-state index contributed by atoms with van der Waals surface area (Å²) in [4.78, 5) is 18.3. The second kappa shape index (κ2) is 13.6. The monoisotopic (exact) mass is 768 g/mol. The van der Waals surface area contributed by atoms with E-state index in [2.05, 4.69) is 30.5 Å². The molecule has 5 aromatic rings. The third-order valence-electron chi connectivity index (χ3n) is 8.77. The molecular weight excluding hydrogens is 738 g/mol. The average molecular weight is 769 g/mol. The number of hydrogen-bond donors (Lipinski definition) is 3. The number of hydrogen-bond acceptors (Lipinski definition) is 7. The van der Waals surface area contributed by atoms with E-state index in [4.69, 9.17) is 11.6 Å². The van der Waals surface area contributed by atoms with Crippen molar-refractivity contribution >= 4 is 49.9 Å². The molecule has 1 amide bonds. The minimum atomic E-state index is -3.79. The molecule has 0 aliphatic heterocycles. The number of carbonyl (C=O) groups is 1. The van der Waals surface area contributed by atoms with Gasteiger partial charge in [0.15, 0.2) is 5.82 Å². The van der Waals surface area contributed by atoms with E-state index in [-0.39, 0.29) is 45.9 Å². The molecule has 6 rings (SSSR count). The van der Waals surface area contributed by atoms with Crippen molar-refractivity contribution in [1.29, 1.82) is 0 Å². The van der Waals surface area contributed by atoms with Crippen LogP contribution in [-0.2, 0) is 47.2 Å². The van der Waals surface area contributed by atoms with Crippen molar-refractivity contribution in [2.45, 2.75) is 44.7 Å². The van der Waals surface area contributed by atoms with Crippen molar-refractivity contribution in [2.24, 2.45) is 13.0 Å². The van der Waals surface area contributed by atoms with Gasteiger partial charge in [-0.15, -0.1) is 0 Å². The van der Waals surface area contributed by atoms with Gasteiger partial charge in [0.2, 0.25) is 15.9 Å². The molecule has 52 heavy (non-hydrogen) atoms. The van der Waals surface area contributed by atoms with Crippen LogP contribution >= 0.6 is 11.6 Å². The number of fused-ring (bicyclic) bond motifs is 2. The molecule has 0 bridgehead atoms. The molecule has 0 fully saturated rings. The Labute approximate surface area is 298 Å². The highest BCUT2D eigenvalue weighted by molar-refractivity contribution is 7.92. The second-order valence-electron chi connectivity index (χ2n) is 12.6. The quantitative estimate of drug-likeness (QED) is 0.131. The van der Waals surface area contributed by atoms with Crippen LogP contribution in [0.1, 0.15) is 47.6 Å². The number of rotatable bonds is 11. The van der Waals surface area contributed by atoms with Crippen molar-refractivity contribution in [3.63, 3.8) is 0 Å². The van der Waals surface area contributed by atoms with Gasteiger partial charge in [-0.2, -0.15) is 19.0 Å². The fourth-order valence-corrected chi connectivity index (χ4v) is 7.29. The van der Waals surface area contributed by atoms with Gasteiger partial charge in [-0.3, -0.25) is 23.9 Å². The fraction of sp³-hybridized carbons (Fsp3) is 0.333. The van der Waals surface area contributed by atoms with Crippen LogP contribution in [0.15, 0.2) is 42.6 Å². The number of nitrogens with one attached hydrogen (secondary N) is 3. The molecule has 11 nitrogen and oxygen atoms in total. The molecule has 2 atom stereocenters. The summed E-state index contributed by atoms with van der Waals surface area (Å²) in [5.41, 5.74) is -0.116. The summed E-state index contributed by atoms with van der Waals surface area (Å²) in [7, 11) is -0.621.